The Kier molecular flexibility index (Phi) is 5.21. The molecule has 4 N–H and O–H groups in total. The fourth-order valence-corrected chi connectivity index (χ4v) is 5.27. The molecule has 0 saturated heterocycles. The molecule has 0 spiro atoms. The molecule has 4 rings (SSSR count). The van der Waals surface area contributed by atoms with Crippen LogP contribution in [0, 0.1) is 0 Å². The summed E-state index contributed by atoms with van der Waals surface area (Å²) in [6.45, 7) is 7.82. The van der Waals surface area contributed by atoms with E-state index in [4.69, 9.17) is 0 Å². The fourth-order valence-electron chi connectivity index (χ4n) is 4.25. The van der Waals surface area contributed by atoms with Gasteiger partial charge >= 0.3 is 0 Å². The first-order chi connectivity index (χ1) is 15.1. The van der Waals surface area contributed by atoms with E-state index in [1.54, 1.807) is 12.1 Å². The highest BCUT2D eigenvalue weighted by molar-refractivity contribution is 7.86. The first kappa shape index (κ1) is 23.4. The second kappa shape index (κ2) is 7.36. The van der Waals surface area contributed by atoms with Gasteiger partial charge in [-0.2, -0.15) is 16.8 Å². The van der Waals surface area contributed by atoms with Gasteiger partial charge in [-0.15, -0.1) is 0 Å². The smallest absolute Gasteiger partial charge is 0.294 e. The van der Waals surface area contributed by atoms with Crippen LogP contribution >= 0.6 is 0 Å². The molecule has 0 fully saturated rings. The zero-order chi connectivity index (χ0) is 24.4. The van der Waals surface area contributed by atoms with Gasteiger partial charge in [-0.05, 0) is 55.8 Å². The molecule has 0 amide bonds. The Labute approximate surface area is 193 Å². The van der Waals surface area contributed by atoms with Crippen LogP contribution in [0.5, 0.6) is 0 Å². The summed E-state index contributed by atoms with van der Waals surface area (Å²) >= 11 is 0. The van der Waals surface area contributed by atoms with Crippen molar-refractivity contribution in [1.29, 1.82) is 0 Å². The van der Waals surface area contributed by atoms with E-state index in [9.17, 15) is 25.9 Å². The molecule has 2 aliphatic heterocycles. The molecule has 2 aromatic rings. The molecule has 2 aromatic carbocycles. The number of anilines is 1. The van der Waals surface area contributed by atoms with Gasteiger partial charge in [-0.1, -0.05) is 19.9 Å². The third kappa shape index (κ3) is 4.04. The van der Waals surface area contributed by atoms with Crippen molar-refractivity contribution in [2.24, 2.45) is 0 Å². The fraction of sp³-hybridized carbons (Fsp3) is 0.261. The van der Waals surface area contributed by atoms with Crippen molar-refractivity contribution in [3.63, 3.8) is 0 Å². The maximum absolute atomic E-state index is 11.5. The number of fused-ring (bicyclic) bond motifs is 2. The quantitative estimate of drug-likeness (QED) is 0.485. The predicted molar refractivity (Wildman–Crippen MR) is 125 cm³/mol. The van der Waals surface area contributed by atoms with Crippen molar-refractivity contribution < 1.29 is 30.9 Å². The lowest BCUT2D eigenvalue weighted by Crippen LogP contribution is -2.65. The second-order valence-corrected chi connectivity index (χ2v) is 12.1. The Morgan fingerprint density at radius 1 is 0.848 bits per heavy atom. The van der Waals surface area contributed by atoms with Gasteiger partial charge in [0, 0.05) is 34.5 Å². The molecular weight excluding hydrogens is 464 g/mol. The number of nitrogens with one attached hydrogen (secondary N) is 2. The van der Waals surface area contributed by atoms with Gasteiger partial charge in [0.15, 0.2) is 5.71 Å². The van der Waals surface area contributed by atoms with Crippen molar-refractivity contribution in [2.45, 2.75) is 48.3 Å². The minimum atomic E-state index is -4.30. The minimum Gasteiger partial charge on any atom is -0.358 e. The monoisotopic (exact) mass is 489 g/mol. The lowest BCUT2D eigenvalue weighted by atomic mass is 9.81. The molecule has 2 heterocycles. The third-order valence-corrected chi connectivity index (χ3v) is 8.03. The van der Waals surface area contributed by atoms with Crippen LogP contribution < -0.4 is 10.3 Å². The van der Waals surface area contributed by atoms with Crippen LogP contribution in [0.1, 0.15) is 38.8 Å². The van der Waals surface area contributed by atoms with Crippen LogP contribution in [-0.4, -0.2) is 31.7 Å². The highest BCUT2D eigenvalue weighted by Gasteiger charge is 2.41. The van der Waals surface area contributed by atoms with E-state index >= 15 is 0 Å². The first-order valence-corrected chi connectivity index (χ1v) is 13.0. The van der Waals surface area contributed by atoms with Crippen molar-refractivity contribution >= 4 is 37.3 Å². The van der Waals surface area contributed by atoms with E-state index < -0.39 is 31.1 Å². The Hall–Kier alpha value is -2.79. The zero-order valence-electron chi connectivity index (χ0n) is 18.5. The summed E-state index contributed by atoms with van der Waals surface area (Å²) in [5, 5.41) is 3.30. The minimum absolute atomic E-state index is 0.151. The van der Waals surface area contributed by atoms with Crippen molar-refractivity contribution in [3.05, 3.63) is 71.5 Å². The average Bonchev–Trinajstić information content (AvgIpc) is 3.10. The Balaban J connectivity index is 1.63. The van der Waals surface area contributed by atoms with Gasteiger partial charge in [-0.25, -0.2) is 4.99 Å². The molecule has 174 valence electrons. The lowest BCUT2D eigenvalue weighted by Gasteiger charge is -2.20. The molecule has 0 aliphatic carbocycles. The van der Waals surface area contributed by atoms with Crippen LogP contribution in [-0.2, 0) is 31.1 Å². The number of benzene rings is 2. The summed E-state index contributed by atoms with van der Waals surface area (Å²) in [5.74, 6) is 0. The van der Waals surface area contributed by atoms with Crippen molar-refractivity contribution in [3.8, 4) is 0 Å². The van der Waals surface area contributed by atoms with E-state index in [0.717, 1.165) is 33.9 Å². The SMILES string of the molecule is CC1(C)C(=CC=CC2=[NH+]c3ccc(S(=O)(=O)O)cc3C2(C)C)Nc2ccc(S(=O)(=O)O)cc21. The van der Waals surface area contributed by atoms with E-state index in [1.165, 1.54) is 24.3 Å². The van der Waals surface area contributed by atoms with Gasteiger partial charge in [0.05, 0.1) is 15.2 Å². The van der Waals surface area contributed by atoms with Crippen LogP contribution in [0.15, 0.2) is 70.1 Å². The van der Waals surface area contributed by atoms with Crippen LogP contribution in [0.4, 0.5) is 11.4 Å². The molecular formula is C23H25N2O6S2+. The zero-order valence-corrected chi connectivity index (χ0v) is 20.2. The standard InChI is InChI=1S/C23H24N2O6S2/c1-22(2)16-12-14(32(26,27)28)8-10-18(16)24-20(22)6-5-7-21-23(3,4)17-13-15(33(29,30)31)9-11-19(17)25-21/h5-13,24H,1-4H3,(H,26,27,28)(H,29,30,31)/p+1. The van der Waals surface area contributed by atoms with Crippen LogP contribution in [0.2, 0.25) is 0 Å². The summed E-state index contributed by atoms with van der Waals surface area (Å²) in [5.41, 5.74) is 3.72. The maximum atomic E-state index is 11.5. The number of rotatable bonds is 4. The Morgan fingerprint density at radius 2 is 1.42 bits per heavy atom. The van der Waals surface area contributed by atoms with Gasteiger partial charge in [0.2, 0.25) is 5.69 Å². The van der Waals surface area contributed by atoms with Gasteiger partial charge in [-0.3, -0.25) is 9.11 Å². The molecule has 0 unspecified atom stereocenters. The van der Waals surface area contributed by atoms with Gasteiger partial charge < -0.3 is 5.32 Å². The van der Waals surface area contributed by atoms with Crippen LogP contribution in [0.3, 0.4) is 0 Å². The van der Waals surface area contributed by atoms with Gasteiger partial charge in [0.1, 0.15) is 0 Å². The summed E-state index contributed by atoms with van der Waals surface area (Å²) in [7, 11) is -8.60. The van der Waals surface area contributed by atoms with E-state index in [1.807, 2.05) is 45.9 Å². The third-order valence-electron chi connectivity index (χ3n) is 6.34. The Morgan fingerprint density at radius 3 is 2.03 bits per heavy atom. The number of hydrogen-bond acceptors (Lipinski definition) is 5. The first-order valence-electron chi connectivity index (χ1n) is 10.2. The molecule has 10 heteroatoms. The molecule has 0 saturated carbocycles. The highest BCUT2D eigenvalue weighted by Crippen LogP contribution is 2.44. The molecule has 33 heavy (non-hydrogen) atoms. The van der Waals surface area contributed by atoms with Crippen LogP contribution in [0.25, 0.3) is 0 Å². The normalized spacial score (nSPS) is 19.9. The maximum Gasteiger partial charge on any atom is 0.294 e. The summed E-state index contributed by atoms with van der Waals surface area (Å²) in [6.07, 6.45) is 5.65. The van der Waals surface area contributed by atoms with E-state index in [-0.39, 0.29) is 9.79 Å². The topological polar surface area (TPSA) is 135 Å². The summed E-state index contributed by atoms with van der Waals surface area (Å²) in [6, 6.07) is 8.92. The Bertz CT molecular complexity index is 1480. The number of hydrogen-bond donors (Lipinski definition) is 4. The molecule has 0 radical (unpaired) electrons. The van der Waals surface area contributed by atoms with E-state index in [2.05, 4.69) is 10.3 Å². The van der Waals surface area contributed by atoms with Gasteiger partial charge in [0.25, 0.3) is 20.2 Å². The average molecular weight is 490 g/mol. The summed E-state index contributed by atoms with van der Waals surface area (Å²) < 4.78 is 64.9. The largest absolute Gasteiger partial charge is 0.358 e. The van der Waals surface area contributed by atoms with E-state index in [0.29, 0.717) is 0 Å². The molecule has 8 nitrogen and oxygen atoms in total. The number of allylic oxidation sites excluding steroid dienone is 4. The lowest BCUT2D eigenvalue weighted by molar-refractivity contribution is -0.349. The molecule has 0 atom stereocenters. The molecule has 2 aliphatic rings. The highest BCUT2D eigenvalue weighted by atomic mass is 32.2. The predicted octanol–water partition coefficient (Wildman–Crippen LogP) is 2.47. The molecule has 0 bridgehead atoms. The second-order valence-electron chi connectivity index (χ2n) is 9.22. The summed E-state index contributed by atoms with van der Waals surface area (Å²) in [4.78, 5) is 3.00. The molecule has 0 aromatic heterocycles. The van der Waals surface area contributed by atoms with Crippen molar-refractivity contribution in [1.82, 2.24) is 0 Å². The van der Waals surface area contributed by atoms with Crippen molar-refractivity contribution in [2.75, 3.05) is 5.32 Å².